The summed E-state index contributed by atoms with van der Waals surface area (Å²) in [6.07, 6.45) is -0.300. The molecular formula is C14H14BrN3O3. The zero-order valence-corrected chi connectivity index (χ0v) is 12.7. The third-order valence-electron chi connectivity index (χ3n) is 3.62. The van der Waals surface area contributed by atoms with Crippen LogP contribution >= 0.6 is 15.9 Å². The van der Waals surface area contributed by atoms with E-state index in [9.17, 15) is 9.59 Å². The van der Waals surface area contributed by atoms with Crippen LogP contribution in [0.15, 0.2) is 28.7 Å². The maximum atomic E-state index is 12.2. The lowest BCUT2D eigenvalue weighted by Crippen LogP contribution is -2.38. The minimum absolute atomic E-state index is 0.133. The number of hydrogen-bond donors (Lipinski definition) is 3. The standard InChI is InChI=1S/C14H14BrN3O3/c15-9-2-1-8-5-12(17-11(8)6-9)13(19)16-10-3-4-18(7-10)14(20)21/h1-2,5-6,10,17H,3-4,7H2,(H,16,19)(H,20,21)/t10-/m1/s1. The smallest absolute Gasteiger partial charge is 0.407 e. The molecule has 7 heteroatoms. The second-order valence-electron chi connectivity index (χ2n) is 5.10. The highest BCUT2D eigenvalue weighted by molar-refractivity contribution is 9.10. The Hall–Kier alpha value is -2.02. The van der Waals surface area contributed by atoms with E-state index in [0.29, 0.717) is 25.2 Å². The van der Waals surface area contributed by atoms with Crippen molar-refractivity contribution in [1.82, 2.24) is 15.2 Å². The molecule has 6 nitrogen and oxygen atoms in total. The van der Waals surface area contributed by atoms with Gasteiger partial charge in [0, 0.05) is 34.5 Å². The Labute approximate surface area is 129 Å². The van der Waals surface area contributed by atoms with Crippen molar-refractivity contribution in [3.8, 4) is 0 Å². The Morgan fingerprint density at radius 1 is 1.38 bits per heavy atom. The van der Waals surface area contributed by atoms with E-state index in [1.807, 2.05) is 18.2 Å². The van der Waals surface area contributed by atoms with E-state index in [2.05, 4.69) is 26.2 Å². The largest absolute Gasteiger partial charge is 0.465 e. The number of carboxylic acid groups (broad SMARTS) is 1. The summed E-state index contributed by atoms with van der Waals surface area (Å²) >= 11 is 3.39. The van der Waals surface area contributed by atoms with Crippen molar-refractivity contribution >= 4 is 38.8 Å². The number of fused-ring (bicyclic) bond motifs is 1. The van der Waals surface area contributed by atoms with Gasteiger partial charge in [0.05, 0.1) is 0 Å². The van der Waals surface area contributed by atoms with Crippen molar-refractivity contribution in [3.05, 3.63) is 34.4 Å². The average molecular weight is 352 g/mol. The molecule has 1 aromatic carbocycles. The van der Waals surface area contributed by atoms with E-state index < -0.39 is 6.09 Å². The Balaban J connectivity index is 1.71. The zero-order chi connectivity index (χ0) is 15.0. The lowest BCUT2D eigenvalue weighted by molar-refractivity contribution is 0.0931. The fourth-order valence-corrected chi connectivity index (χ4v) is 2.90. The maximum absolute atomic E-state index is 12.2. The van der Waals surface area contributed by atoms with Crippen LogP contribution < -0.4 is 5.32 Å². The van der Waals surface area contributed by atoms with Crippen molar-refractivity contribution in [2.75, 3.05) is 13.1 Å². The summed E-state index contributed by atoms with van der Waals surface area (Å²) < 4.78 is 0.941. The third kappa shape index (κ3) is 2.87. The molecule has 0 unspecified atom stereocenters. The molecule has 2 aromatic rings. The fourth-order valence-electron chi connectivity index (χ4n) is 2.54. The number of nitrogens with zero attached hydrogens (tertiary/aromatic N) is 1. The highest BCUT2D eigenvalue weighted by atomic mass is 79.9. The Bertz CT molecular complexity index is 713. The van der Waals surface area contributed by atoms with Gasteiger partial charge in [-0.25, -0.2) is 4.79 Å². The molecule has 2 amide bonds. The van der Waals surface area contributed by atoms with Crippen LogP contribution in [0, 0.1) is 0 Å². The molecule has 3 N–H and O–H groups in total. The normalized spacial score (nSPS) is 18.1. The number of aromatic amines is 1. The van der Waals surface area contributed by atoms with E-state index in [1.54, 1.807) is 6.07 Å². The molecule has 0 bridgehead atoms. The van der Waals surface area contributed by atoms with Crippen molar-refractivity contribution < 1.29 is 14.7 Å². The van der Waals surface area contributed by atoms with Crippen LogP contribution in [-0.2, 0) is 0 Å². The molecule has 110 valence electrons. The number of halogens is 1. The minimum atomic E-state index is -0.942. The number of likely N-dealkylation sites (tertiary alicyclic amines) is 1. The van der Waals surface area contributed by atoms with E-state index in [4.69, 9.17) is 5.11 Å². The first-order chi connectivity index (χ1) is 10.0. The van der Waals surface area contributed by atoms with Gasteiger partial charge in [-0.05, 0) is 24.6 Å². The summed E-state index contributed by atoms with van der Waals surface area (Å²) in [5.41, 5.74) is 1.37. The summed E-state index contributed by atoms with van der Waals surface area (Å²) in [6.45, 7) is 0.798. The highest BCUT2D eigenvalue weighted by Gasteiger charge is 2.27. The van der Waals surface area contributed by atoms with Gasteiger partial charge in [0.1, 0.15) is 5.69 Å². The number of H-pyrrole nitrogens is 1. The first-order valence-electron chi connectivity index (χ1n) is 6.60. The number of rotatable bonds is 2. The molecule has 0 radical (unpaired) electrons. The molecule has 1 atom stereocenters. The van der Waals surface area contributed by atoms with Crippen LogP contribution in [0.25, 0.3) is 10.9 Å². The van der Waals surface area contributed by atoms with E-state index in [0.717, 1.165) is 15.4 Å². The van der Waals surface area contributed by atoms with Crippen molar-refractivity contribution in [2.24, 2.45) is 0 Å². The predicted octanol–water partition coefficient (Wildman–Crippen LogP) is 2.41. The molecule has 21 heavy (non-hydrogen) atoms. The Morgan fingerprint density at radius 3 is 2.90 bits per heavy atom. The van der Waals surface area contributed by atoms with E-state index in [-0.39, 0.29) is 11.9 Å². The summed E-state index contributed by atoms with van der Waals surface area (Å²) in [7, 11) is 0. The fraction of sp³-hybridized carbons (Fsp3) is 0.286. The number of hydrogen-bond acceptors (Lipinski definition) is 2. The topological polar surface area (TPSA) is 85.4 Å². The predicted molar refractivity (Wildman–Crippen MR) is 81.5 cm³/mol. The molecule has 3 rings (SSSR count). The summed E-state index contributed by atoms with van der Waals surface area (Å²) in [6, 6.07) is 7.41. The first kappa shape index (κ1) is 13.9. The van der Waals surface area contributed by atoms with Gasteiger partial charge in [0.25, 0.3) is 5.91 Å². The minimum Gasteiger partial charge on any atom is -0.465 e. The maximum Gasteiger partial charge on any atom is 0.407 e. The number of benzene rings is 1. The molecule has 1 aliphatic rings. The monoisotopic (exact) mass is 351 g/mol. The zero-order valence-electron chi connectivity index (χ0n) is 11.1. The molecule has 2 heterocycles. The summed E-state index contributed by atoms with van der Waals surface area (Å²) in [5, 5.41) is 12.7. The lowest BCUT2D eigenvalue weighted by atomic mass is 10.2. The molecule has 1 saturated heterocycles. The van der Waals surface area contributed by atoms with Gasteiger partial charge in [-0.1, -0.05) is 22.0 Å². The average Bonchev–Trinajstić information content (AvgIpc) is 3.04. The molecule has 1 aromatic heterocycles. The summed E-state index contributed by atoms with van der Waals surface area (Å²) in [5.74, 6) is -0.209. The van der Waals surface area contributed by atoms with Gasteiger partial charge in [0.2, 0.25) is 0 Å². The lowest BCUT2D eigenvalue weighted by Gasteiger charge is -2.13. The second kappa shape index (κ2) is 5.40. The van der Waals surface area contributed by atoms with Crippen molar-refractivity contribution in [2.45, 2.75) is 12.5 Å². The molecule has 1 fully saturated rings. The molecule has 0 aliphatic carbocycles. The summed E-state index contributed by atoms with van der Waals surface area (Å²) in [4.78, 5) is 27.5. The second-order valence-corrected chi connectivity index (χ2v) is 6.02. The van der Waals surface area contributed by atoms with Gasteiger partial charge in [-0.2, -0.15) is 0 Å². The number of nitrogens with one attached hydrogen (secondary N) is 2. The van der Waals surface area contributed by atoms with Crippen LogP contribution in [0.1, 0.15) is 16.9 Å². The van der Waals surface area contributed by atoms with Crippen LogP contribution in [0.3, 0.4) is 0 Å². The van der Waals surface area contributed by atoms with Crippen LogP contribution in [0.2, 0.25) is 0 Å². The molecule has 0 saturated carbocycles. The number of amides is 2. The van der Waals surface area contributed by atoms with Gasteiger partial charge in [0.15, 0.2) is 0 Å². The van der Waals surface area contributed by atoms with Crippen LogP contribution in [0.4, 0.5) is 4.79 Å². The van der Waals surface area contributed by atoms with E-state index in [1.165, 1.54) is 4.90 Å². The Kier molecular flexibility index (Phi) is 3.59. The van der Waals surface area contributed by atoms with Gasteiger partial charge in [-0.3, -0.25) is 4.79 Å². The van der Waals surface area contributed by atoms with E-state index >= 15 is 0 Å². The number of carbonyl (C=O) groups excluding carboxylic acids is 1. The molecule has 0 spiro atoms. The highest BCUT2D eigenvalue weighted by Crippen LogP contribution is 2.20. The Morgan fingerprint density at radius 2 is 2.19 bits per heavy atom. The number of carbonyl (C=O) groups is 2. The first-order valence-corrected chi connectivity index (χ1v) is 7.39. The van der Waals surface area contributed by atoms with Crippen LogP contribution in [-0.4, -0.2) is 46.1 Å². The molecular weight excluding hydrogens is 338 g/mol. The van der Waals surface area contributed by atoms with Gasteiger partial charge < -0.3 is 20.3 Å². The van der Waals surface area contributed by atoms with Crippen molar-refractivity contribution in [1.29, 1.82) is 0 Å². The third-order valence-corrected chi connectivity index (χ3v) is 4.12. The van der Waals surface area contributed by atoms with Gasteiger partial charge in [-0.15, -0.1) is 0 Å². The number of aromatic nitrogens is 1. The quantitative estimate of drug-likeness (QED) is 0.776. The SMILES string of the molecule is O=C(N[C@@H]1CCN(C(=O)O)C1)c1cc2ccc(Br)cc2[nH]1. The van der Waals surface area contributed by atoms with Crippen LogP contribution in [0.5, 0.6) is 0 Å². The van der Waals surface area contributed by atoms with Crippen molar-refractivity contribution in [3.63, 3.8) is 0 Å². The van der Waals surface area contributed by atoms with Gasteiger partial charge >= 0.3 is 6.09 Å². The molecule has 1 aliphatic heterocycles.